The summed E-state index contributed by atoms with van der Waals surface area (Å²) in [5.41, 5.74) is 3.63. The molecule has 0 spiro atoms. The summed E-state index contributed by atoms with van der Waals surface area (Å²) in [7, 11) is -4.79. The van der Waals surface area contributed by atoms with Crippen molar-refractivity contribution in [3.63, 3.8) is 0 Å². The Bertz CT molecular complexity index is 2130. The molecule has 0 bridgehead atoms. The summed E-state index contributed by atoms with van der Waals surface area (Å²) in [6.45, 7) is 5.94. The fraction of sp³-hybridized carbons (Fsp3) is 0.162. The predicted molar refractivity (Wildman–Crippen MR) is 185 cm³/mol. The Kier molecular flexibility index (Phi) is 10.6. The molecule has 0 saturated heterocycles. The van der Waals surface area contributed by atoms with Crippen molar-refractivity contribution in [2.45, 2.75) is 18.1 Å². The van der Waals surface area contributed by atoms with E-state index >= 15 is 8.78 Å². The molecule has 0 radical (unpaired) electrons. The Balaban J connectivity index is 1.28. The zero-order chi connectivity index (χ0) is 36.8. The molecule has 0 fully saturated rings. The summed E-state index contributed by atoms with van der Waals surface area (Å²) in [5.74, 6) is 1.81. The number of nitrogens with zero attached hydrogens (tertiary/aromatic N) is 4. The van der Waals surface area contributed by atoms with Crippen LogP contribution < -0.4 is 15.8 Å². The van der Waals surface area contributed by atoms with E-state index in [1.807, 2.05) is 12.1 Å². The van der Waals surface area contributed by atoms with E-state index in [-0.39, 0.29) is 30.2 Å². The number of fused-ring (bicyclic) bond motifs is 3. The lowest BCUT2D eigenvalue weighted by atomic mass is 9.79. The lowest BCUT2D eigenvalue weighted by Gasteiger charge is -2.46. The summed E-state index contributed by atoms with van der Waals surface area (Å²) < 4.78 is 85.2. The fourth-order valence-corrected chi connectivity index (χ4v) is 6.80. The summed E-state index contributed by atoms with van der Waals surface area (Å²) in [5, 5.41) is 14.2. The molecule has 0 aliphatic carbocycles. The minimum atomic E-state index is -4.79. The number of aromatic nitrogens is 1. The molecule has 6 rings (SSSR count). The van der Waals surface area contributed by atoms with Gasteiger partial charge in [0.25, 0.3) is 0 Å². The number of hydrazine groups is 2. The van der Waals surface area contributed by atoms with Gasteiger partial charge in [0.2, 0.25) is 0 Å². The predicted octanol–water partition coefficient (Wildman–Crippen LogP) is 6.59. The highest BCUT2D eigenvalue weighted by Crippen LogP contribution is 2.62. The third kappa shape index (κ3) is 7.48. The van der Waals surface area contributed by atoms with Crippen LogP contribution in [0.3, 0.4) is 0 Å². The van der Waals surface area contributed by atoms with Crippen molar-refractivity contribution in [3.8, 4) is 23.7 Å². The highest BCUT2D eigenvalue weighted by atomic mass is 31.2. The first-order chi connectivity index (χ1) is 25.1. The van der Waals surface area contributed by atoms with Gasteiger partial charge in [-0.25, -0.2) is 14.5 Å². The van der Waals surface area contributed by atoms with Crippen LogP contribution in [0, 0.1) is 29.0 Å². The molecule has 1 atom stereocenters. The van der Waals surface area contributed by atoms with E-state index in [2.05, 4.69) is 52.2 Å². The van der Waals surface area contributed by atoms with Gasteiger partial charge in [-0.1, -0.05) is 42.2 Å². The second-order valence-electron chi connectivity index (χ2n) is 11.3. The van der Waals surface area contributed by atoms with Crippen LogP contribution in [0.25, 0.3) is 0 Å². The van der Waals surface area contributed by atoms with E-state index in [1.165, 1.54) is 29.4 Å². The number of alkyl halides is 2. The summed E-state index contributed by atoms with van der Waals surface area (Å²) in [6.07, 6.45) is 3.68. The van der Waals surface area contributed by atoms with Gasteiger partial charge in [-0.15, -0.1) is 23.8 Å². The Morgan fingerprint density at radius 3 is 2.29 bits per heavy atom. The first-order valence-corrected chi connectivity index (χ1v) is 17.1. The molecule has 3 heterocycles. The number of pyridine rings is 1. The van der Waals surface area contributed by atoms with Gasteiger partial charge in [0, 0.05) is 28.5 Å². The second kappa shape index (κ2) is 15.3. The number of nitriles is 1. The third-order valence-corrected chi connectivity index (χ3v) is 9.36. The summed E-state index contributed by atoms with van der Waals surface area (Å²) in [6, 6.07) is 21.7. The van der Waals surface area contributed by atoms with E-state index < -0.39 is 37.4 Å². The first kappa shape index (κ1) is 36.1. The number of hydrazone groups is 1. The molecule has 2 N–H and O–H groups in total. The van der Waals surface area contributed by atoms with Crippen LogP contribution in [0.4, 0.5) is 13.2 Å². The molecular weight excluding hydrogens is 696 g/mol. The first-order valence-electron chi connectivity index (χ1n) is 15.7. The van der Waals surface area contributed by atoms with Gasteiger partial charge in [0.15, 0.2) is 11.4 Å². The molecule has 1 unspecified atom stereocenters. The maximum atomic E-state index is 17.2. The monoisotopic (exact) mass is 726 g/mol. The van der Waals surface area contributed by atoms with E-state index in [1.54, 1.807) is 36.4 Å². The minimum absolute atomic E-state index is 0.0597. The van der Waals surface area contributed by atoms with Crippen LogP contribution in [-0.4, -0.2) is 35.6 Å². The Hall–Kier alpha value is -5.73. The Morgan fingerprint density at radius 1 is 0.962 bits per heavy atom. The number of phosphoric acid groups is 1. The Labute approximate surface area is 297 Å². The van der Waals surface area contributed by atoms with Crippen molar-refractivity contribution in [1.29, 1.82) is 5.26 Å². The molecule has 0 amide bonds. The average Bonchev–Trinajstić information content (AvgIpc) is 3.64. The van der Waals surface area contributed by atoms with Gasteiger partial charge in [0.05, 0.1) is 31.4 Å². The largest absolute Gasteiger partial charge is 0.489 e. The number of hydrogen-bond acceptors (Lipinski definition) is 11. The van der Waals surface area contributed by atoms with Gasteiger partial charge in [0.1, 0.15) is 23.9 Å². The standard InChI is InChI=1S/C37H30F3N6O5P/c1-3-19-49-52(47,50-20-4-2)51-36(25-46-35(43-44-45-46)32-21-30(38)14-17-33(32)36)37(39,40)34-18-13-28(23-42-34)8-5-26-11-15-31(16-12-26)48-24-29-9-6-27(22-41)7-10-29/h3-4,6-7,9-18,21,23,44-45H,1-2,19-20,24-25H2. The number of rotatable bonds is 13. The number of phosphoric ester groups is 1. The van der Waals surface area contributed by atoms with Crippen molar-refractivity contribution in [2.75, 3.05) is 19.8 Å². The molecule has 2 aliphatic heterocycles. The summed E-state index contributed by atoms with van der Waals surface area (Å²) >= 11 is 0. The smallest absolute Gasteiger partial charge is 0.476 e. The van der Waals surface area contributed by atoms with Crippen LogP contribution >= 0.6 is 7.82 Å². The lowest BCUT2D eigenvalue weighted by molar-refractivity contribution is -0.200. The highest BCUT2D eigenvalue weighted by molar-refractivity contribution is 7.48. The lowest BCUT2D eigenvalue weighted by Crippen LogP contribution is -2.60. The van der Waals surface area contributed by atoms with Gasteiger partial charge >= 0.3 is 13.7 Å². The van der Waals surface area contributed by atoms with Gasteiger partial charge < -0.3 is 4.74 Å². The molecule has 3 aromatic carbocycles. The molecule has 1 aromatic heterocycles. The van der Waals surface area contributed by atoms with Crippen molar-refractivity contribution in [1.82, 2.24) is 21.1 Å². The van der Waals surface area contributed by atoms with Crippen LogP contribution in [-0.2, 0) is 36.3 Å². The van der Waals surface area contributed by atoms with Crippen LogP contribution in [0.15, 0.2) is 115 Å². The second-order valence-corrected chi connectivity index (χ2v) is 12.9. The molecule has 15 heteroatoms. The van der Waals surface area contributed by atoms with E-state index in [0.29, 0.717) is 29.0 Å². The van der Waals surface area contributed by atoms with E-state index in [9.17, 15) is 8.96 Å². The zero-order valence-corrected chi connectivity index (χ0v) is 28.3. The van der Waals surface area contributed by atoms with Crippen LogP contribution in [0.5, 0.6) is 5.75 Å². The highest BCUT2D eigenvalue weighted by Gasteiger charge is 2.65. The molecule has 11 nitrogen and oxygen atoms in total. The van der Waals surface area contributed by atoms with Crippen LogP contribution in [0.1, 0.15) is 39.1 Å². The van der Waals surface area contributed by atoms with Crippen molar-refractivity contribution in [2.24, 2.45) is 5.10 Å². The fourth-order valence-electron chi connectivity index (χ4n) is 5.39. The topological polar surface area (TPSA) is 130 Å². The molecule has 0 saturated carbocycles. The van der Waals surface area contributed by atoms with Gasteiger partial charge in [-0.3, -0.25) is 23.6 Å². The van der Waals surface area contributed by atoms with Crippen molar-refractivity contribution in [3.05, 3.63) is 155 Å². The molecule has 264 valence electrons. The van der Waals surface area contributed by atoms with E-state index in [4.69, 9.17) is 23.6 Å². The zero-order valence-electron chi connectivity index (χ0n) is 27.4. The number of nitrogens with one attached hydrogen (secondary N) is 2. The average molecular weight is 727 g/mol. The third-order valence-electron chi connectivity index (χ3n) is 7.90. The Morgan fingerprint density at radius 2 is 1.63 bits per heavy atom. The normalized spacial score (nSPS) is 16.3. The van der Waals surface area contributed by atoms with Gasteiger partial charge in [-0.05, 0) is 66.2 Å². The minimum Gasteiger partial charge on any atom is -0.489 e. The van der Waals surface area contributed by atoms with Gasteiger partial charge in [-0.2, -0.15) is 14.0 Å². The molecule has 4 aromatic rings. The number of benzene rings is 3. The maximum absolute atomic E-state index is 17.2. The number of halogens is 3. The molecule has 2 aliphatic rings. The number of hydrogen-bond donors (Lipinski definition) is 2. The summed E-state index contributed by atoms with van der Waals surface area (Å²) in [4.78, 5) is 4.06. The molecular formula is C37H30F3N6O5P. The maximum Gasteiger partial charge on any atom is 0.476 e. The number of ether oxygens (including phenoxy) is 1. The molecule has 52 heavy (non-hydrogen) atoms. The quantitative estimate of drug-likeness (QED) is 0.0885. The van der Waals surface area contributed by atoms with E-state index in [0.717, 1.165) is 29.8 Å². The van der Waals surface area contributed by atoms with Crippen molar-refractivity contribution >= 4 is 13.7 Å². The van der Waals surface area contributed by atoms with Crippen LogP contribution in [0.2, 0.25) is 0 Å². The SMILES string of the molecule is C=CCOP(=O)(OCC=C)OC1(C(F)(F)c2ccc(C#Cc3ccc(OCc4ccc(C#N)cc4)cc3)cn2)CN2NNN=C2c2cc(F)ccc21. The van der Waals surface area contributed by atoms with Crippen molar-refractivity contribution < 1.29 is 36.0 Å². The number of amidine groups is 1.